The molecule has 2 aromatic rings. The molecule has 0 heterocycles. The minimum Gasteiger partial charge on any atom is -0.318 e. The van der Waals surface area contributed by atoms with E-state index in [0.29, 0.717) is 6.07 Å². The average Bonchev–Trinajstić information content (AvgIpc) is 2.51. The predicted octanol–water partition coefficient (Wildman–Crippen LogP) is 5.24. The third-order valence-corrected chi connectivity index (χ3v) is 3.98. The Hall–Kier alpha value is -1.96. The Morgan fingerprint density at radius 1 is 0.760 bits per heavy atom. The summed E-state index contributed by atoms with van der Waals surface area (Å²) in [4.78, 5) is 23.6. The van der Waals surface area contributed by atoms with Crippen molar-refractivity contribution in [3.8, 4) is 0 Å². The molecular formula is C15H8Cl3F3N2O2. The summed E-state index contributed by atoms with van der Waals surface area (Å²) in [5.41, 5.74) is -1.16. The van der Waals surface area contributed by atoms with Gasteiger partial charge in [0.1, 0.15) is 0 Å². The number of hydrogen-bond acceptors (Lipinski definition) is 2. The van der Waals surface area contributed by atoms with E-state index in [9.17, 15) is 22.8 Å². The minimum absolute atomic E-state index is 0.160. The molecule has 0 aliphatic rings. The third kappa shape index (κ3) is 5.01. The molecule has 2 rings (SSSR count). The molecule has 0 aromatic heterocycles. The first-order chi connectivity index (χ1) is 11.6. The van der Waals surface area contributed by atoms with Gasteiger partial charge in [-0.15, -0.1) is 0 Å². The Bertz CT molecular complexity index is 841. The number of carbonyl (C=O) groups is 2. The highest BCUT2D eigenvalue weighted by molar-refractivity contribution is 6.44. The van der Waals surface area contributed by atoms with E-state index < -0.39 is 28.6 Å². The second-order valence-corrected chi connectivity index (χ2v) is 5.95. The van der Waals surface area contributed by atoms with Gasteiger partial charge in [-0.1, -0.05) is 34.8 Å². The van der Waals surface area contributed by atoms with Gasteiger partial charge in [-0.2, -0.15) is 13.2 Å². The number of nitrogens with one attached hydrogen (secondary N) is 2. The molecule has 0 radical (unpaired) electrons. The van der Waals surface area contributed by atoms with Gasteiger partial charge in [0.25, 0.3) is 0 Å². The molecule has 0 unspecified atom stereocenters. The first kappa shape index (κ1) is 19.4. The zero-order valence-corrected chi connectivity index (χ0v) is 14.3. The first-order valence-electron chi connectivity index (χ1n) is 6.52. The maximum absolute atomic E-state index is 12.8. The summed E-state index contributed by atoms with van der Waals surface area (Å²) in [7, 11) is 0. The van der Waals surface area contributed by atoms with Gasteiger partial charge in [-0.25, -0.2) is 0 Å². The fourth-order valence-electron chi connectivity index (χ4n) is 1.77. The zero-order chi connectivity index (χ0) is 18.8. The second kappa shape index (κ2) is 7.51. The van der Waals surface area contributed by atoms with Gasteiger partial charge < -0.3 is 10.6 Å². The van der Waals surface area contributed by atoms with E-state index in [2.05, 4.69) is 10.6 Å². The van der Waals surface area contributed by atoms with Crippen LogP contribution in [0.1, 0.15) is 5.56 Å². The summed E-state index contributed by atoms with van der Waals surface area (Å²) in [5, 5.41) is 4.19. The summed E-state index contributed by atoms with van der Waals surface area (Å²) >= 11 is 17.0. The minimum atomic E-state index is -4.69. The Labute approximate surface area is 154 Å². The Kier molecular flexibility index (Phi) is 5.82. The lowest BCUT2D eigenvalue weighted by Gasteiger charge is -2.12. The lowest BCUT2D eigenvalue weighted by molar-refractivity contribution is -0.137. The van der Waals surface area contributed by atoms with Crippen molar-refractivity contribution in [1.29, 1.82) is 0 Å². The molecule has 10 heteroatoms. The molecule has 0 bridgehead atoms. The number of anilines is 2. The van der Waals surface area contributed by atoms with Gasteiger partial charge in [0.05, 0.1) is 20.6 Å². The SMILES string of the molecule is O=C(Nc1ccc(Cl)c(Cl)c1)C(=O)Nc1ccc(Cl)c(C(F)(F)F)c1. The summed E-state index contributed by atoms with van der Waals surface area (Å²) in [6, 6.07) is 6.88. The lowest BCUT2D eigenvalue weighted by Crippen LogP contribution is -2.29. The smallest absolute Gasteiger partial charge is 0.318 e. The van der Waals surface area contributed by atoms with Gasteiger partial charge in [-0.05, 0) is 36.4 Å². The number of amides is 2. The maximum atomic E-state index is 12.8. The normalized spacial score (nSPS) is 11.1. The van der Waals surface area contributed by atoms with Crippen LogP contribution in [0.3, 0.4) is 0 Å². The average molecular weight is 412 g/mol. The van der Waals surface area contributed by atoms with E-state index in [-0.39, 0.29) is 21.4 Å². The summed E-state index contributed by atoms with van der Waals surface area (Å²) < 4.78 is 38.3. The van der Waals surface area contributed by atoms with Gasteiger partial charge in [-0.3, -0.25) is 9.59 Å². The molecule has 0 aliphatic heterocycles. The molecule has 2 amide bonds. The molecule has 0 spiro atoms. The van der Waals surface area contributed by atoms with Gasteiger partial charge in [0.2, 0.25) is 0 Å². The Morgan fingerprint density at radius 2 is 1.24 bits per heavy atom. The third-order valence-electron chi connectivity index (χ3n) is 2.91. The fourth-order valence-corrected chi connectivity index (χ4v) is 2.29. The van der Waals surface area contributed by atoms with Crippen LogP contribution in [-0.4, -0.2) is 11.8 Å². The van der Waals surface area contributed by atoms with Crippen LogP contribution in [0.25, 0.3) is 0 Å². The highest BCUT2D eigenvalue weighted by atomic mass is 35.5. The van der Waals surface area contributed by atoms with Gasteiger partial charge in [0.15, 0.2) is 0 Å². The van der Waals surface area contributed by atoms with Crippen LogP contribution in [0.5, 0.6) is 0 Å². The molecule has 25 heavy (non-hydrogen) atoms. The van der Waals surface area contributed by atoms with Crippen molar-refractivity contribution < 1.29 is 22.8 Å². The number of benzene rings is 2. The van der Waals surface area contributed by atoms with E-state index in [1.807, 2.05) is 0 Å². The van der Waals surface area contributed by atoms with Crippen LogP contribution < -0.4 is 10.6 Å². The first-order valence-corrected chi connectivity index (χ1v) is 7.65. The summed E-state index contributed by atoms with van der Waals surface area (Å²) in [6.45, 7) is 0. The number of carbonyl (C=O) groups excluding carboxylic acids is 2. The highest BCUT2D eigenvalue weighted by Gasteiger charge is 2.33. The molecule has 4 nitrogen and oxygen atoms in total. The number of rotatable bonds is 2. The van der Waals surface area contributed by atoms with Crippen LogP contribution in [-0.2, 0) is 15.8 Å². The highest BCUT2D eigenvalue weighted by Crippen LogP contribution is 2.36. The molecule has 2 N–H and O–H groups in total. The van der Waals surface area contributed by atoms with E-state index in [4.69, 9.17) is 34.8 Å². The van der Waals surface area contributed by atoms with Crippen molar-refractivity contribution >= 4 is 58.0 Å². The molecule has 0 atom stereocenters. The molecular weight excluding hydrogens is 404 g/mol. The van der Waals surface area contributed by atoms with Crippen LogP contribution in [0.4, 0.5) is 24.5 Å². The summed E-state index contributed by atoms with van der Waals surface area (Å²) in [6.07, 6.45) is -4.69. The van der Waals surface area contributed by atoms with Crippen LogP contribution in [0, 0.1) is 0 Å². The van der Waals surface area contributed by atoms with E-state index in [0.717, 1.165) is 12.1 Å². The molecule has 0 fully saturated rings. The van der Waals surface area contributed by atoms with Crippen molar-refractivity contribution in [3.63, 3.8) is 0 Å². The topological polar surface area (TPSA) is 58.2 Å². The number of alkyl halides is 3. The quantitative estimate of drug-likeness (QED) is 0.664. The van der Waals surface area contributed by atoms with E-state index in [1.165, 1.54) is 18.2 Å². The monoisotopic (exact) mass is 410 g/mol. The van der Waals surface area contributed by atoms with Crippen LogP contribution in [0.15, 0.2) is 36.4 Å². The van der Waals surface area contributed by atoms with Gasteiger partial charge in [0, 0.05) is 11.4 Å². The van der Waals surface area contributed by atoms with E-state index >= 15 is 0 Å². The zero-order valence-electron chi connectivity index (χ0n) is 12.0. The van der Waals surface area contributed by atoms with Crippen molar-refractivity contribution in [2.24, 2.45) is 0 Å². The molecule has 132 valence electrons. The standard InChI is InChI=1S/C15H8Cl3F3N2O2/c16-10-3-1-7(5-9(10)15(19,20)21)22-13(24)14(25)23-8-2-4-11(17)12(18)6-8/h1-6H,(H,22,24)(H,23,25). The Balaban J connectivity index is 2.11. The van der Waals surface area contributed by atoms with Crippen molar-refractivity contribution in [3.05, 3.63) is 57.0 Å². The van der Waals surface area contributed by atoms with E-state index in [1.54, 1.807) is 0 Å². The van der Waals surface area contributed by atoms with Crippen molar-refractivity contribution in [2.75, 3.05) is 10.6 Å². The van der Waals surface area contributed by atoms with Crippen molar-refractivity contribution in [2.45, 2.75) is 6.18 Å². The van der Waals surface area contributed by atoms with Crippen molar-refractivity contribution in [1.82, 2.24) is 0 Å². The largest absolute Gasteiger partial charge is 0.417 e. The Morgan fingerprint density at radius 3 is 1.72 bits per heavy atom. The molecule has 0 saturated carbocycles. The second-order valence-electron chi connectivity index (χ2n) is 4.73. The fraction of sp³-hybridized carbons (Fsp3) is 0.0667. The predicted molar refractivity (Wildman–Crippen MR) is 90.2 cm³/mol. The van der Waals surface area contributed by atoms with Gasteiger partial charge >= 0.3 is 18.0 Å². The number of hydrogen-bond donors (Lipinski definition) is 2. The molecule has 0 aliphatic carbocycles. The summed E-state index contributed by atoms with van der Waals surface area (Å²) in [5.74, 6) is -2.26. The number of halogens is 6. The van der Waals surface area contributed by atoms with Crippen LogP contribution in [0.2, 0.25) is 15.1 Å². The van der Waals surface area contributed by atoms with Crippen LogP contribution >= 0.6 is 34.8 Å². The molecule has 0 saturated heterocycles. The molecule has 2 aromatic carbocycles. The maximum Gasteiger partial charge on any atom is 0.417 e. The lowest BCUT2D eigenvalue weighted by atomic mass is 10.2.